The molecule has 0 aliphatic carbocycles. The van der Waals surface area contributed by atoms with Gasteiger partial charge >= 0.3 is 5.97 Å². The fourth-order valence-corrected chi connectivity index (χ4v) is 3.38. The Balaban J connectivity index is 1.87. The third-order valence-electron chi connectivity index (χ3n) is 4.07. The zero-order valence-electron chi connectivity index (χ0n) is 13.6. The summed E-state index contributed by atoms with van der Waals surface area (Å²) in [6.07, 6.45) is 0.118. The summed E-state index contributed by atoms with van der Waals surface area (Å²) in [6.45, 7) is 0. The number of nitrogens with one attached hydrogen (secondary N) is 1. The second-order valence-corrected chi connectivity index (χ2v) is 7.12. The number of hydrogen-bond acceptors (Lipinski definition) is 2. The minimum Gasteiger partial charge on any atom is -0.480 e. The average molecular weight is 433 g/mol. The summed E-state index contributed by atoms with van der Waals surface area (Å²) in [6, 6.07) is 16.9. The zero-order chi connectivity index (χ0) is 18.7. The lowest BCUT2D eigenvalue weighted by atomic mass is 10.0. The molecule has 0 radical (unpaired) electrons. The van der Waals surface area contributed by atoms with E-state index in [-0.39, 0.29) is 6.42 Å². The Morgan fingerprint density at radius 3 is 2.58 bits per heavy atom. The smallest absolute Gasteiger partial charge is 0.326 e. The van der Waals surface area contributed by atoms with E-state index in [0.29, 0.717) is 16.1 Å². The number of amides is 1. The number of halogens is 2. The van der Waals surface area contributed by atoms with Gasteiger partial charge in [-0.25, -0.2) is 4.79 Å². The van der Waals surface area contributed by atoms with Crippen LogP contribution in [0.4, 0.5) is 0 Å². The highest BCUT2D eigenvalue weighted by atomic mass is 79.9. The molecule has 26 heavy (non-hydrogen) atoms. The number of hydrogen-bond donors (Lipinski definition) is 2. The minimum atomic E-state index is -1.11. The van der Waals surface area contributed by atoms with Gasteiger partial charge in [0.15, 0.2) is 0 Å². The lowest BCUT2D eigenvalue weighted by Gasteiger charge is -2.16. The van der Waals surface area contributed by atoms with E-state index in [1.807, 2.05) is 30.3 Å². The van der Waals surface area contributed by atoms with Gasteiger partial charge in [-0.1, -0.05) is 63.9 Å². The molecule has 132 valence electrons. The molecule has 4 nitrogen and oxygen atoms in total. The van der Waals surface area contributed by atoms with Crippen LogP contribution in [0.3, 0.4) is 0 Å². The SMILES string of the molecule is O=C(N[C@@H](Cc1cc(Cl)ccc1Br)C(=O)O)c1cccc2ccccc12. The summed E-state index contributed by atoms with van der Waals surface area (Å²) < 4.78 is 0.743. The van der Waals surface area contributed by atoms with Gasteiger partial charge in [-0.3, -0.25) is 4.79 Å². The Morgan fingerprint density at radius 2 is 1.81 bits per heavy atom. The number of carboxylic acid groups (broad SMARTS) is 1. The van der Waals surface area contributed by atoms with Crippen molar-refractivity contribution in [2.75, 3.05) is 0 Å². The second-order valence-electron chi connectivity index (χ2n) is 5.83. The lowest BCUT2D eigenvalue weighted by Crippen LogP contribution is -2.42. The first kappa shape index (κ1) is 18.4. The maximum absolute atomic E-state index is 12.7. The van der Waals surface area contributed by atoms with E-state index in [1.54, 1.807) is 30.3 Å². The molecule has 2 N–H and O–H groups in total. The minimum absolute atomic E-state index is 0.118. The molecule has 0 heterocycles. The molecule has 0 spiro atoms. The van der Waals surface area contributed by atoms with Crippen molar-refractivity contribution in [3.63, 3.8) is 0 Å². The predicted molar refractivity (Wildman–Crippen MR) is 106 cm³/mol. The number of carbonyl (C=O) groups excluding carboxylic acids is 1. The van der Waals surface area contributed by atoms with Gasteiger partial charge in [0, 0.05) is 21.5 Å². The maximum atomic E-state index is 12.7. The zero-order valence-corrected chi connectivity index (χ0v) is 15.9. The summed E-state index contributed by atoms with van der Waals surface area (Å²) in [5, 5.41) is 14.4. The Kier molecular flexibility index (Phi) is 5.59. The van der Waals surface area contributed by atoms with Crippen molar-refractivity contribution in [3.8, 4) is 0 Å². The monoisotopic (exact) mass is 431 g/mol. The van der Waals surface area contributed by atoms with Gasteiger partial charge in [-0.15, -0.1) is 0 Å². The molecule has 0 bridgehead atoms. The first-order valence-corrected chi connectivity index (χ1v) is 9.08. The third-order valence-corrected chi connectivity index (χ3v) is 5.08. The van der Waals surface area contributed by atoms with E-state index in [2.05, 4.69) is 21.2 Å². The lowest BCUT2D eigenvalue weighted by molar-refractivity contribution is -0.139. The Labute approximate surface area is 163 Å². The van der Waals surface area contributed by atoms with Crippen molar-refractivity contribution in [2.45, 2.75) is 12.5 Å². The largest absolute Gasteiger partial charge is 0.480 e. The Bertz CT molecular complexity index is 984. The Hall–Kier alpha value is -2.37. The van der Waals surface area contributed by atoms with Gasteiger partial charge in [0.1, 0.15) is 6.04 Å². The Morgan fingerprint density at radius 1 is 1.08 bits per heavy atom. The fourth-order valence-electron chi connectivity index (χ4n) is 2.78. The molecule has 1 amide bonds. The number of carboxylic acids is 1. The standard InChI is InChI=1S/C20H15BrClNO3/c21-17-9-8-14(22)10-13(17)11-18(20(25)26)23-19(24)16-7-3-5-12-4-1-2-6-15(12)16/h1-10,18H,11H2,(H,23,24)(H,25,26)/t18-/m0/s1. The van der Waals surface area contributed by atoms with Crippen molar-refractivity contribution in [2.24, 2.45) is 0 Å². The highest BCUT2D eigenvalue weighted by molar-refractivity contribution is 9.10. The summed E-state index contributed by atoms with van der Waals surface area (Å²) in [7, 11) is 0. The topological polar surface area (TPSA) is 66.4 Å². The summed E-state index contributed by atoms with van der Waals surface area (Å²) >= 11 is 9.38. The molecule has 0 unspecified atom stereocenters. The molecule has 0 aliphatic heterocycles. The molecule has 0 fully saturated rings. The summed E-state index contributed by atoms with van der Waals surface area (Å²) in [4.78, 5) is 24.4. The van der Waals surface area contributed by atoms with E-state index in [1.165, 1.54) is 0 Å². The van der Waals surface area contributed by atoms with Gasteiger partial charge in [-0.2, -0.15) is 0 Å². The number of aliphatic carboxylic acids is 1. The van der Waals surface area contributed by atoms with Crippen molar-refractivity contribution < 1.29 is 14.7 Å². The van der Waals surface area contributed by atoms with Gasteiger partial charge in [0.25, 0.3) is 5.91 Å². The van der Waals surface area contributed by atoms with E-state index in [4.69, 9.17) is 11.6 Å². The number of carbonyl (C=O) groups is 2. The van der Waals surface area contributed by atoms with Gasteiger partial charge in [-0.05, 0) is 40.6 Å². The summed E-state index contributed by atoms with van der Waals surface area (Å²) in [5.74, 6) is -1.53. The van der Waals surface area contributed by atoms with Crippen molar-refractivity contribution in [3.05, 3.63) is 81.3 Å². The second kappa shape index (κ2) is 7.89. The molecule has 0 saturated heterocycles. The van der Waals surface area contributed by atoms with Gasteiger partial charge < -0.3 is 10.4 Å². The number of rotatable bonds is 5. The molecule has 3 aromatic rings. The molecular formula is C20H15BrClNO3. The van der Waals surface area contributed by atoms with Crippen LogP contribution in [0.2, 0.25) is 5.02 Å². The molecule has 0 aliphatic rings. The van der Waals surface area contributed by atoms with Crippen LogP contribution in [0, 0.1) is 0 Å². The van der Waals surface area contributed by atoms with Crippen molar-refractivity contribution in [1.29, 1.82) is 0 Å². The van der Waals surface area contributed by atoms with Crippen LogP contribution in [-0.2, 0) is 11.2 Å². The highest BCUT2D eigenvalue weighted by Crippen LogP contribution is 2.23. The predicted octanol–water partition coefficient (Wildman–Crippen LogP) is 4.68. The highest BCUT2D eigenvalue weighted by Gasteiger charge is 2.23. The van der Waals surface area contributed by atoms with Crippen LogP contribution in [0.1, 0.15) is 15.9 Å². The molecule has 0 saturated carbocycles. The van der Waals surface area contributed by atoms with Crippen LogP contribution in [0.5, 0.6) is 0 Å². The average Bonchev–Trinajstić information content (AvgIpc) is 2.63. The molecular weight excluding hydrogens is 418 g/mol. The van der Waals surface area contributed by atoms with Gasteiger partial charge in [0.05, 0.1) is 0 Å². The van der Waals surface area contributed by atoms with E-state index in [9.17, 15) is 14.7 Å². The quantitative estimate of drug-likeness (QED) is 0.615. The molecule has 0 aromatic heterocycles. The third kappa shape index (κ3) is 4.06. The molecule has 3 rings (SSSR count). The van der Waals surface area contributed by atoms with Gasteiger partial charge in [0.2, 0.25) is 0 Å². The first-order valence-electron chi connectivity index (χ1n) is 7.91. The molecule has 1 atom stereocenters. The number of benzene rings is 3. The maximum Gasteiger partial charge on any atom is 0.326 e. The van der Waals surface area contributed by atoms with E-state index in [0.717, 1.165) is 15.2 Å². The van der Waals surface area contributed by atoms with Crippen LogP contribution >= 0.6 is 27.5 Å². The van der Waals surface area contributed by atoms with Crippen LogP contribution in [-0.4, -0.2) is 23.0 Å². The van der Waals surface area contributed by atoms with Crippen LogP contribution < -0.4 is 5.32 Å². The normalized spacial score (nSPS) is 11.9. The van der Waals surface area contributed by atoms with E-state index >= 15 is 0 Å². The van der Waals surface area contributed by atoms with Crippen LogP contribution in [0.15, 0.2) is 65.1 Å². The summed E-state index contributed by atoms with van der Waals surface area (Å²) in [5.41, 5.74) is 1.16. The fraction of sp³-hybridized carbons (Fsp3) is 0.100. The first-order chi connectivity index (χ1) is 12.5. The molecule has 6 heteroatoms. The van der Waals surface area contributed by atoms with Crippen LogP contribution in [0.25, 0.3) is 10.8 Å². The van der Waals surface area contributed by atoms with Crippen molar-refractivity contribution in [1.82, 2.24) is 5.32 Å². The van der Waals surface area contributed by atoms with E-state index < -0.39 is 17.9 Å². The van der Waals surface area contributed by atoms with Crippen molar-refractivity contribution >= 4 is 50.2 Å². The number of fused-ring (bicyclic) bond motifs is 1. The molecule has 3 aromatic carbocycles.